The fourth-order valence-electron chi connectivity index (χ4n) is 1.87. The summed E-state index contributed by atoms with van der Waals surface area (Å²) >= 11 is 0. The van der Waals surface area contributed by atoms with Gasteiger partial charge in [0.25, 0.3) is 0 Å². The first kappa shape index (κ1) is 17.1. The molecule has 0 aliphatic heterocycles. The maximum absolute atomic E-state index is 11.8. The van der Waals surface area contributed by atoms with Crippen molar-refractivity contribution in [3.8, 4) is 17.2 Å². The van der Waals surface area contributed by atoms with Gasteiger partial charge in [-0.05, 0) is 26.1 Å². The average Bonchev–Trinajstić information content (AvgIpc) is 2.53. The molecule has 0 aliphatic rings. The van der Waals surface area contributed by atoms with Crippen LogP contribution in [0.1, 0.15) is 13.3 Å². The number of benzene rings is 1. The fourth-order valence-corrected chi connectivity index (χ4v) is 1.87. The quantitative estimate of drug-likeness (QED) is 0.736. The number of esters is 1. The van der Waals surface area contributed by atoms with E-state index in [-0.39, 0.29) is 5.97 Å². The van der Waals surface area contributed by atoms with E-state index in [9.17, 15) is 4.79 Å². The van der Waals surface area contributed by atoms with Crippen LogP contribution in [0.15, 0.2) is 18.2 Å². The minimum atomic E-state index is -0.802. The first-order chi connectivity index (χ1) is 10.0. The van der Waals surface area contributed by atoms with Gasteiger partial charge in [-0.15, -0.1) is 0 Å². The highest BCUT2D eigenvalue weighted by atomic mass is 16.5. The fraction of sp³-hybridized carbons (Fsp3) is 0.533. The highest BCUT2D eigenvalue weighted by Crippen LogP contribution is 2.36. The van der Waals surface area contributed by atoms with E-state index in [0.717, 1.165) is 0 Å². The second-order valence-corrected chi connectivity index (χ2v) is 4.66. The number of ether oxygens (including phenoxy) is 4. The molecule has 0 aliphatic carbocycles. The molecule has 0 saturated heterocycles. The lowest BCUT2D eigenvalue weighted by molar-refractivity contribution is -0.148. The number of methoxy groups -OCH3 is 3. The minimum absolute atomic E-state index is 0.309. The number of hydrogen-bond acceptors (Lipinski definition) is 6. The maximum Gasteiger partial charge on any atom is 0.325 e. The van der Waals surface area contributed by atoms with Crippen LogP contribution in [0.5, 0.6) is 17.2 Å². The standard InChI is InChI=1S/C15H23NO5/c1-15(16-2,14(17)20-5)9-10-21-13-11(18-3)7-6-8-12(13)19-4/h6-8,16H,9-10H2,1-5H3. The Morgan fingerprint density at radius 2 is 1.76 bits per heavy atom. The largest absolute Gasteiger partial charge is 0.493 e. The predicted molar refractivity (Wildman–Crippen MR) is 79.1 cm³/mol. The van der Waals surface area contributed by atoms with E-state index in [1.54, 1.807) is 40.3 Å². The average molecular weight is 297 g/mol. The van der Waals surface area contributed by atoms with Gasteiger partial charge in [0.1, 0.15) is 5.54 Å². The number of likely N-dealkylation sites (N-methyl/N-ethyl adjacent to an activating group) is 1. The predicted octanol–water partition coefficient (Wildman–Crippen LogP) is 1.62. The van der Waals surface area contributed by atoms with Crippen LogP contribution >= 0.6 is 0 Å². The first-order valence-electron chi connectivity index (χ1n) is 6.63. The van der Waals surface area contributed by atoms with E-state index < -0.39 is 5.54 Å². The summed E-state index contributed by atoms with van der Waals surface area (Å²) in [6, 6.07) is 5.39. The Kier molecular flexibility index (Phi) is 6.30. The summed E-state index contributed by atoms with van der Waals surface area (Å²) in [5, 5.41) is 2.96. The van der Waals surface area contributed by atoms with Crippen LogP contribution < -0.4 is 19.5 Å². The van der Waals surface area contributed by atoms with Gasteiger partial charge in [0.05, 0.1) is 27.9 Å². The minimum Gasteiger partial charge on any atom is -0.493 e. The highest BCUT2D eigenvalue weighted by Gasteiger charge is 2.32. The molecule has 1 aromatic carbocycles. The zero-order valence-electron chi connectivity index (χ0n) is 13.2. The monoisotopic (exact) mass is 297 g/mol. The van der Waals surface area contributed by atoms with Crippen molar-refractivity contribution in [2.24, 2.45) is 0 Å². The van der Waals surface area contributed by atoms with Gasteiger partial charge in [0.2, 0.25) is 5.75 Å². The van der Waals surface area contributed by atoms with Crippen LogP contribution in [-0.2, 0) is 9.53 Å². The molecule has 0 fully saturated rings. The topological polar surface area (TPSA) is 66.0 Å². The molecule has 1 aromatic rings. The van der Waals surface area contributed by atoms with Crippen LogP contribution in [-0.4, -0.2) is 46.5 Å². The zero-order chi connectivity index (χ0) is 15.9. The van der Waals surface area contributed by atoms with E-state index >= 15 is 0 Å². The molecular weight excluding hydrogens is 274 g/mol. The van der Waals surface area contributed by atoms with Gasteiger partial charge in [-0.1, -0.05) is 6.07 Å². The lowest BCUT2D eigenvalue weighted by Crippen LogP contribution is -2.49. The lowest BCUT2D eigenvalue weighted by Gasteiger charge is -2.26. The molecule has 1 rings (SSSR count). The molecule has 21 heavy (non-hydrogen) atoms. The Bertz CT molecular complexity index is 455. The number of nitrogens with one attached hydrogen (secondary N) is 1. The Morgan fingerprint density at radius 1 is 1.19 bits per heavy atom. The van der Waals surface area contributed by atoms with E-state index in [1.165, 1.54) is 7.11 Å². The molecule has 0 amide bonds. The van der Waals surface area contributed by atoms with Gasteiger partial charge in [0.15, 0.2) is 11.5 Å². The summed E-state index contributed by atoms with van der Waals surface area (Å²) in [6.07, 6.45) is 0.442. The number of carbonyl (C=O) groups is 1. The van der Waals surface area contributed by atoms with Gasteiger partial charge in [-0.25, -0.2) is 0 Å². The molecule has 6 nitrogen and oxygen atoms in total. The van der Waals surface area contributed by atoms with Gasteiger partial charge < -0.3 is 24.3 Å². The second kappa shape index (κ2) is 7.73. The summed E-state index contributed by atoms with van der Waals surface area (Å²) in [4.78, 5) is 11.8. The third kappa shape index (κ3) is 4.01. The molecule has 1 N–H and O–H groups in total. The van der Waals surface area contributed by atoms with Crippen molar-refractivity contribution in [2.45, 2.75) is 18.9 Å². The van der Waals surface area contributed by atoms with Crippen LogP contribution in [0.25, 0.3) is 0 Å². The Morgan fingerprint density at radius 3 is 2.19 bits per heavy atom. The molecule has 0 aromatic heterocycles. The SMILES string of the molecule is CNC(C)(CCOc1c(OC)cccc1OC)C(=O)OC. The molecule has 0 heterocycles. The summed E-state index contributed by atoms with van der Waals surface area (Å²) < 4.78 is 21.0. The number of hydrogen-bond donors (Lipinski definition) is 1. The lowest BCUT2D eigenvalue weighted by atomic mass is 9.99. The summed E-state index contributed by atoms with van der Waals surface area (Å²) in [5.74, 6) is 1.35. The molecule has 1 unspecified atom stereocenters. The van der Waals surface area contributed by atoms with Crippen molar-refractivity contribution >= 4 is 5.97 Å². The third-order valence-corrected chi connectivity index (χ3v) is 3.42. The van der Waals surface area contributed by atoms with Crippen molar-refractivity contribution < 1.29 is 23.7 Å². The number of carbonyl (C=O) groups excluding carboxylic acids is 1. The first-order valence-corrected chi connectivity index (χ1v) is 6.63. The number of rotatable bonds is 8. The molecule has 0 bridgehead atoms. The van der Waals surface area contributed by atoms with Crippen LogP contribution in [0.2, 0.25) is 0 Å². The van der Waals surface area contributed by atoms with E-state index in [1.807, 2.05) is 6.07 Å². The summed E-state index contributed by atoms with van der Waals surface area (Å²) in [7, 11) is 6.20. The van der Waals surface area contributed by atoms with E-state index in [2.05, 4.69) is 5.32 Å². The van der Waals surface area contributed by atoms with Gasteiger partial charge in [-0.2, -0.15) is 0 Å². The highest BCUT2D eigenvalue weighted by molar-refractivity contribution is 5.80. The molecule has 6 heteroatoms. The summed E-state index contributed by atoms with van der Waals surface area (Å²) in [6.45, 7) is 2.07. The Labute approximate surface area is 125 Å². The van der Waals surface area contributed by atoms with Gasteiger partial charge >= 0.3 is 5.97 Å². The van der Waals surface area contributed by atoms with Gasteiger partial charge in [-0.3, -0.25) is 4.79 Å². The number of para-hydroxylation sites is 1. The molecular formula is C15H23NO5. The van der Waals surface area contributed by atoms with Crippen molar-refractivity contribution in [2.75, 3.05) is 35.0 Å². The Balaban J connectivity index is 2.78. The Hall–Kier alpha value is -1.95. The molecule has 1 atom stereocenters. The van der Waals surface area contributed by atoms with Crippen LogP contribution in [0.4, 0.5) is 0 Å². The van der Waals surface area contributed by atoms with Crippen molar-refractivity contribution in [3.05, 3.63) is 18.2 Å². The molecule has 0 saturated carbocycles. The maximum atomic E-state index is 11.8. The van der Waals surface area contributed by atoms with E-state index in [0.29, 0.717) is 30.3 Å². The zero-order valence-corrected chi connectivity index (χ0v) is 13.2. The normalized spacial score (nSPS) is 13.2. The molecule has 118 valence electrons. The van der Waals surface area contributed by atoms with E-state index in [4.69, 9.17) is 18.9 Å². The van der Waals surface area contributed by atoms with Gasteiger partial charge in [0, 0.05) is 6.42 Å². The summed E-state index contributed by atoms with van der Waals surface area (Å²) in [5.41, 5.74) is -0.802. The van der Waals surface area contributed by atoms with Crippen molar-refractivity contribution in [1.29, 1.82) is 0 Å². The van der Waals surface area contributed by atoms with Crippen molar-refractivity contribution in [1.82, 2.24) is 5.32 Å². The second-order valence-electron chi connectivity index (χ2n) is 4.66. The third-order valence-electron chi connectivity index (χ3n) is 3.42. The smallest absolute Gasteiger partial charge is 0.325 e. The molecule has 0 spiro atoms. The van der Waals surface area contributed by atoms with Crippen LogP contribution in [0.3, 0.4) is 0 Å². The van der Waals surface area contributed by atoms with Crippen LogP contribution in [0, 0.1) is 0 Å². The van der Waals surface area contributed by atoms with Crippen molar-refractivity contribution in [3.63, 3.8) is 0 Å². The molecule has 0 radical (unpaired) electrons.